The van der Waals surface area contributed by atoms with Gasteiger partial charge in [0, 0.05) is 4.47 Å². The van der Waals surface area contributed by atoms with E-state index >= 15 is 0 Å². The van der Waals surface area contributed by atoms with Crippen molar-refractivity contribution in [2.45, 2.75) is 24.8 Å². The number of hydrogen-bond donors (Lipinski definition) is 3. The second-order valence-electron chi connectivity index (χ2n) is 4.62. The standard InChI is InChI=1S/C13H12BrN3O3/c14-9-3-2-8(7-15)10(6-9)16-12(20)17-13(11(18)19)4-1-5-13/h2-3,6H,1,4-5H2,(H,18,19)(H2,16,17,20). The Morgan fingerprint density at radius 2 is 2.10 bits per heavy atom. The molecule has 0 saturated heterocycles. The molecule has 1 aromatic rings. The molecule has 0 unspecified atom stereocenters. The van der Waals surface area contributed by atoms with Gasteiger partial charge < -0.3 is 15.7 Å². The van der Waals surface area contributed by atoms with E-state index < -0.39 is 17.5 Å². The van der Waals surface area contributed by atoms with Gasteiger partial charge in [-0.2, -0.15) is 5.26 Å². The lowest BCUT2D eigenvalue weighted by atomic mass is 9.77. The summed E-state index contributed by atoms with van der Waals surface area (Å²) in [5, 5.41) is 23.1. The van der Waals surface area contributed by atoms with Crippen molar-refractivity contribution in [1.29, 1.82) is 5.26 Å². The molecule has 0 atom stereocenters. The van der Waals surface area contributed by atoms with Crippen molar-refractivity contribution in [1.82, 2.24) is 5.32 Å². The van der Waals surface area contributed by atoms with Crippen molar-refractivity contribution in [2.24, 2.45) is 0 Å². The fourth-order valence-corrected chi connectivity index (χ4v) is 2.37. The normalized spacial score (nSPS) is 15.6. The number of carboxylic acid groups (broad SMARTS) is 1. The van der Waals surface area contributed by atoms with E-state index in [1.54, 1.807) is 18.2 Å². The fourth-order valence-electron chi connectivity index (χ4n) is 2.01. The van der Waals surface area contributed by atoms with Crippen LogP contribution in [-0.2, 0) is 4.79 Å². The van der Waals surface area contributed by atoms with Crippen LogP contribution in [-0.4, -0.2) is 22.6 Å². The average Bonchev–Trinajstić information content (AvgIpc) is 2.33. The van der Waals surface area contributed by atoms with Gasteiger partial charge in [0.2, 0.25) is 0 Å². The lowest BCUT2D eigenvalue weighted by Gasteiger charge is -2.38. The molecule has 2 rings (SSSR count). The second kappa shape index (κ2) is 5.51. The third kappa shape index (κ3) is 2.75. The number of halogens is 1. The highest BCUT2D eigenvalue weighted by molar-refractivity contribution is 9.10. The summed E-state index contributed by atoms with van der Waals surface area (Å²) >= 11 is 3.25. The summed E-state index contributed by atoms with van der Waals surface area (Å²) in [6.45, 7) is 0. The van der Waals surface area contributed by atoms with Gasteiger partial charge in [-0.3, -0.25) is 0 Å². The molecule has 7 heteroatoms. The molecule has 0 radical (unpaired) electrons. The van der Waals surface area contributed by atoms with Crippen LogP contribution in [0.1, 0.15) is 24.8 Å². The first-order valence-corrected chi connectivity index (χ1v) is 6.78. The number of urea groups is 1. The van der Waals surface area contributed by atoms with Crippen molar-refractivity contribution in [2.75, 3.05) is 5.32 Å². The molecule has 3 N–H and O–H groups in total. The molecule has 0 spiro atoms. The Balaban J connectivity index is 2.11. The molecule has 0 aliphatic heterocycles. The number of nitrogens with one attached hydrogen (secondary N) is 2. The first-order valence-electron chi connectivity index (χ1n) is 5.99. The number of nitriles is 1. The molecule has 0 bridgehead atoms. The van der Waals surface area contributed by atoms with E-state index in [-0.39, 0.29) is 0 Å². The van der Waals surface area contributed by atoms with Gasteiger partial charge in [-0.25, -0.2) is 9.59 Å². The van der Waals surface area contributed by atoms with Crippen LogP contribution in [0.15, 0.2) is 22.7 Å². The van der Waals surface area contributed by atoms with Crippen LogP contribution in [0.25, 0.3) is 0 Å². The number of nitrogens with zero attached hydrogens (tertiary/aromatic N) is 1. The monoisotopic (exact) mass is 337 g/mol. The summed E-state index contributed by atoms with van der Waals surface area (Å²) in [6, 6.07) is 6.18. The molecule has 2 amide bonds. The molecular weight excluding hydrogens is 326 g/mol. The van der Waals surface area contributed by atoms with E-state index in [4.69, 9.17) is 10.4 Å². The third-order valence-electron chi connectivity index (χ3n) is 3.32. The second-order valence-corrected chi connectivity index (χ2v) is 5.54. The van der Waals surface area contributed by atoms with Gasteiger partial charge in [0.25, 0.3) is 0 Å². The van der Waals surface area contributed by atoms with Crippen LogP contribution >= 0.6 is 15.9 Å². The van der Waals surface area contributed by atoms with Crippen molar-refractivity contribution >= 4 is 33.6 Å². The maximum Gasteiger partial charge on any atom is 0.329 e. The molecule has 1 fully saturated rings. The van der Waals surface area contributed by atoms with Crippen LogP contribution in [0.3, 0.4) is 0 Å². The summed E-state index contributed by atoms with van der Waals surface area (Å²) in [5.74, 6) is -1.03. The molecule has 0 heterocycles. The van der Waals surface area contributed by atoms with E-state index in [2.05, 4.69) is 26.6 Å². The molecule has 6 nitrogen and oxygen atoms in total. The van der Waals surface area contributed by atoms with Gasteiger partial charge >= 0.3 is 12.0 Å². The summed E-state index contributed by atoms with van der Waals surface area (Å²) < 4.78 is 0.711. The van der Waals surface area contributed by atoms with Crippen molar-refractivity contribution in [3.8, 4) is 6.07 Å². The highest BCUT2D eigenvalue weighted by atomic mass is 79.9. The Morgan fingerprint density at radius 3 is 2.60 bits per heavy atom. The minimum absolute atomic E-state index is 0.307. The largest absolute Gasteiger partial charge is 0.480 e. The quantitative estimate of drug-likeness (QED) is 0.788. The van der Waals surface area contributed by atoms with Gasteiger partial charge in [-0.1, -0.05) is 15.9 Å². The number of benzene rings is 1. The van der Waals surface area contributed by atoms with Gasteiger partial charge in [0.1, 0.15) is 11.6 Å². The first kappa shape index (κ1) is 14.3. The number of aliphatic carboxylic acids is 1. The number of anilines is 1. The lowest BCUT2D eigenvalue weighted by molar-refractivity contribution is -0.148. The molecule has 1 aliphatic rings. The number of hydrogen-bond acceptors (Lipinski definition) is 3. The van der Waals surface area contributed by atoms with Crippen LogP contribution in [0.4, 0.5) is 10.5 Å². The Hall–Kier alpha value is -2.07. The van der Waals surface area contributed by atoms with Crippen molar-refractivity contribution in [3.05, 3.63) is 28.2 Å². The Bertz CT molecular complexity index is 605. The van der Waals surface area contributed by atoms with Crippen molar-refractivity contribution in [3.63, 3.8) is 0 Å². The van der Waals surface area contributed by atoms with E-state index in [0.29, 0.717) is 28.6 Å². The summed E-state index contributed by atoms with van der Waals surface area (Å²) in [7, 11) is 0. The zero-order valence-corrected chi connectivity index (χ0v) is 12.0. The van der Waals surface area contributed by atoms with Gasteiger partial charge in [-0.05, 0) is 37.5 Å². The Labute approximate surface area is 123 Å². The number of amides is 2. The van der Waals surface area contributed by atoms with Crippen LogP contribution in [0.2, 0.25) is 0 Å². The number of carbonyl (C=O) groups is 2. The molecule has 1 aromatic carbocycles. The maximum absolute atomic E-state index is 11.9. The predicted octanol–water partition coefficient (Wildman–Crippen LogP) is 2.45. The topological polar surface area (TPSA) is 102 Å². The Kier molecular flexibility index (Phi) is 3.95. The molecule has 104 valence electrons. The molecular formula is C13H12BrN3O3. The highest BCUT2D eigenvalue weighted by Gasteiger charge is 2.45. The van der Waals surface area contributed by atoms with Crippen LogP contribution in [0.5, 0.6) is 0 Å². The SMILES string of the molecule is N#Cc1ccc(Br)cc1NC(=O)NC1(C(=O)O)CCC1. The first-order chi connectivity index (χ1) is 9.47. The molecule has 20 heavy (non-hydrogen) atoms. The zero-order valence-electron chi connectivity index (χ0n) is 10.4. The minimum atomic E-state index is -1.18. The van der Waals surface area contributed by atoms with Gasteiger partial charge in [0.15, 0.2) is 0 Å². The summed E-state index contributed by atoms with van der Waals surface area (Å²) in [5.41, 5.74) is -0.538. The molecule has 1 aliphatic carbocycles. The number of carbonyl (C=O) groups excluding carboxylic acids is 1. The van der Waals surface area contributed by atoms with Crippen LogP contribution in [0, 0.1) is 11.3 Å². The van der Waals surface area contributed by atoms with Crippen LogP contribution < -0.4 is 10.6 Å². The summed E-state index contributed by atoms with van der Waals surface area (Å²) in [4.78, 5) is 23.1. The third-order valence-corrected chi connectivity index (χ3v) is 3.81. The number of carboxylic acids is 1. The smallest absolute Gasteiger partial charge is 0.329 e. The molecule has 0 aromatic heterocycles. The van der Waals surface area contributed by atoms with Gasteiger partial charge in [0.05, 0.1) is 11.3 Å². The van der Waals surface area contributed by atoms with E-state index in [9.17, 15) is 9.59 Å². The molecule has 1 saturated carbocycles. The lowest BCUT2D eigenvalue weighted by Crippen LogP contribution is -2.60. The highest BCUT2D eigenvalue weighted by Crippen LogP contribution is 2.32. The van der Waals surface area contributed by atoms with E-state index in [1.807, 2.05) is 6.07 Å². The minimum Gasteiger partial charge on any atom is -0.480 e. The van der Waals surface area contributed by atoms with E-state index in [0.717, 1.165) is 6.42 Å². The van der Waals surface area contributed by atoms with E-state index in [1.165, 1.54) is 0 Å². The maximum atomic E-state index is 11.9. The van der Waals surface area contributed by atoms with Crippen molar-refractivity contribution < 1.29 is 14.7 Å². The van der Waals surface area contributed by atoms with Gasteiger partial charge in [-0.15, -0.1) is 0 Å². The Morgan fingerprint density at radius 1 is 1.40 bits per heavy atom. The zero-order chi connectivity index (χ0) is 14.8. The average molecular weight is 338 g/mol. The fraction of sp³-hybridized carbons (Fsp3) is 0.308. The number of rotatable bonds is 3. The predicted molar refractivity (Wildman–Crippen MR) is 75.2 cm³/mol. The summed E-state index contributed by atoms with van der Waals surface area (Å²) in [6.07, 6.45) is 1.60.